The van der Waals surface area contributed by atoms with Crippen LogP contribution in [0, 0.1) is 0 Å². The summed E-state index contributed by atoms with van der Waals surface area (Å²) in [6.07, 6.45) is 2.10. The molecule has 0 radical (unpaired) electrons. The standard InChI is InChI=1S/C23H20ClN3O4/c1-4-14-21(23(28)29)26-27(17-10-11-25-16-12-13(24)8-9-15(16)17)22(14)20-18(30-2)6-5-7-19(20)31-3/h5-12H,4H2,1-3H3,(H,28,29). The second-order valence-corrected chi connectivity index (χ2v) is 7.21. The fraction of sp³-hybridized carbons (Fsp3) is 0.174. The van der Waals surface area contributed by atoms with Gasteiger partial charge in [0.25, 0.3) is 0 Å². The molecule has 0 bridgehead atoms. The lowest BCUT2D eigenvalue weighted by Crippen LogP contribution is -2.04. The van der Waals surface area contributed by atoms with Gasteiger partial charge in [-0.25, -0.2) is 9.48 Å². The van der Waals surface area contributed by atoms with Gasteiger partial charge in [-0.05, 0) is 42.8 Å². The Morgan fingerprint density at radius 2 is 1.84 bits per heavy atom. The number of methoxy groups -OCH3 is 2. The first-order valence-electron chi connectivity index (χ1n) is 9.61. The van der Waals surface area contributed by atoms with Crippen molar-refractivity contribution in [3.63, 3.8) is 0 Å². The van der Waals surface area contributed by atoms with Gasteiger partial charge in [0.15, 0.2) is 5.69 Å². The molecule has 7 nitrogen and oxygen atoms in total. The van der Waals surface area contributed by atoms with E-state index in [9.17, 15) is 9.90 Å². The summed E-state index contributed by atoms with van der Waals surface area (Å²) in [7, 11) is 3.12. The molecule has 2 aromatic heterocycles. The average molecular weight is 438 g/mol. The monoisotopic (exact) mass is 437 g/mol. The first-order chi connectivity index (χ1) is 15.0. The Kier molecular flexibility index (Phi) is 5.52. The van der Waals surface area contributed by atoms with Crippen LogP contribution in [0.25, 0.3) is 27.8 Å². The van der Waals surface area contributed by atoms with E-state index in [0.717, 1.165) is 5.39 Å². The quantitative estimate of drug-likeness (QED) is 0.456. The van der Waals surface area contributed by atoms with E-state index in [-0.39, 0.29) is 5.69 Å². The van der Waals surface area contributed by atoms with Gasteiger partial charge in [0.05, 0.1) is 36.7 Å². The Morgan fingerprint density at radius 3 is 2.45 bits per heavy atom. The number of pyridine rings is 1. The van der Waals surface area contributed by atoms with E-state index in [1.165, 1.54) is 0 Å². The molecule has 158 valence electrons. The molecule has 0 spiro atoms. The van der Waals surface area contributed by atoms with E-state index in [1.54, 1.807) is 55.4 Å². The highest BCUT2D eigenvalue weighted by Gasteiger charge is 2.28. The van der Waals surface area contributed by atoms with E-state index in [2.05, 4.69) is 10.1 Å². The maximum Gasteiger partial charge on any atom is 0.356 e. The number of benzene rings is 2. The molecule has 0 atom stereocenters. The van der Waals surface area contributed by atoms with Crippen LogP contribution in [0.1, 0.15) is 23.0 Å². The third kappa shape index (κ3) is 3.47. The second-order valence-electron chi connectivity index (χ2n) is 6.78. The number of nitrogens with zero attached hydrogens (tertiary/aromatic N) is 3. The third-order valence-corrected chi connectivity index (χ3v) is 5.35. The van der Waals surface area contributed by atoms with Crippen LogP contribution in [-0.4, -0.2) is 40.1 Å². The summed E-state index contributed by atoms with van der Waals surface area (Å²) in [4.78, 5) is 16.4. The number of fused-ring (bicyclic) bond motifs is 1. The highest BCUT2D eigenvalue weighted by molar-refractivity contribution is 6.31. The van der Waals surface area contributed by atoms with Gasteiger partial charge in [0.2, 0.25) is 0 Å². The summed E-state index contributed by atoms with van der Waals surface area (Å²) < 4.78 is 12.8. The van der Waals surface area contributed by atoms with Crippen molar-refractivity contribution >= 4 is 28.5 Å². The normalized spacial score (nSPS) is 11.0. The molecule has 0 unspecified atom stereocenters. The predicted molar refractivity (Wildman–Crippen MR) is 119 cm³/mol. The van der Waals surface area contributed by atoms with Crippen LogP contribution in [0.4, 0.5) is 0 Å². The van der Waals surface area contributed by atoms with Crippen LogP contribution in [-0.2, 0) is 6.42 Å². The molecule has 4 rings (SSSR count). The summed E-state index contributed by atoms with van der Waals surface area (Å²) in [5.41, 5.74) is 3.12. The maximum absolute atomic E-state index is 12.1. The van der Waals surface area contributed by atoms with Gasteiger partial charge < -0.3 is 14.6 Å². The van der Waals surface area contributed by atoms with Gasteiger partial charge >= 0.3 is 5.97 Å². The highest BCUT2D eigenvalue weighted by Crippen LogP contribution is 2.42. The van der Waals surface area contributed by atoms with Gasteiger partial charge in [-0.1, -0.05) is 24.6 Å². The molecule has 0 saturated carbocycles. The van der Waals surface area contributed by atoms with Crippen LogP contribution in [0.15, 0.2) is 48.7 Å². The zero-order chi connectivity index (χ0) is 22.1. The molecule has 31 heavy (non-hydrogen) atoms. The van der Waals surface area contributed by atoms with Gasteiger partial charge in [-0.15, -0.1) is 0 Å². The lowest BCUT2D eigenvalue weighted by atomic mass is 10.0. The molecule has 0 saturated heterocycles. The van der Waals surface area contributed by atoms with Crippen molar-refractivity contribution in [2.75, 3.05) is 14.2 Å². The lowest BCUT2D eigenvalue weighted by molar-refractivity contribution is 0.0689. The van der Waals surface area contributed by atoms with Gasteiger partial charge in [-0.2, -0.15) is 5.10 Å². The van der Waals surface area contributed by atoms with Gasteiger partial charge in [-0.3, -0.25) is 4.98 Å². The van der Waals surface area contributed by atoms with Gasteiger partial charge in [0, 0.05) is 22.2 Å². The number of carbonyl (C=O) groups is 1. The van der Waals surface area contributed by atoms with Crippen molar-refractivity contribution in [2.45, 2.75) is 13.3 Å². The number of hydrogen-bond acceptors (Lipinski definition) is 5. The van der Waals surface area contributed by atoms with Crippen molar-refractivity contribution < 1.29 is 19.4 Å². The first kappa shape index (κ1) is 20.7. The molecular weight excluding hydrogens is 418 g/mol. The van der Waals surface area contributed by atoms with Crippen molar-refractivity contribution in [3.05, 3.63) is 64.9 Å². The van der Waals surface area contributed by atoms with Crippen LogP contribution in [0.3, 0.4) is 0 Å². The minimum Gasteiger partial charge on any atom is -0.496 e. The number of carboxylic acids is 1. The van der Waals surface area contributed by atoms with E-state index in [0.29, 0.717) is 51.0 Å². The predicted octanol–water partition coefficient (Wildman–Crippen LogP) is 5.02. The molecule has 0 fully saturated rings. The molecule has 4 aromatic rings. The zero-order valence-corrected chi connectivity index (χ0v) is 18.0. The summed E-state index contributed by atoms with van der Waals surface area (Å²) in [6.45, 7) is 1.89. The highest BCUT2D eigenvalue weighted by atomic mass is 35.5. The van der Waals surface area contributed by atoms with E-state index >= 15 is 0 Å². The minimum atomic E-state index is -1.10. The van der Waals surface area contributed by atoms with Crippen LogP contribution >= 0.6 is 11.6 Å². The summed E-state index contributed by atoms with van der Waals surface area (Å²) in [5.74, 6) is -0.00536. The Balaban J connectivity index is 2.15. The Labute approximate surface area is 183 Å². The van der Waals surface area contributed by atoms with Crippen LogP contribution in [0.2, 0.25) is 5.02 Å². The Bertz CT molecular complexity index is 1280. The summed E-state index contributed by atoms with van der Waals surface area (Å²) >= 11 is 6.14. The molecule has 0 aliphatic carbocycles. The number of carboxylic acid groups (broad SMARTS) is 1. The SMILES string of the molecule is CCc1c(C(=O)O)nn(-c2ccnc3cc(Cl)ccc23)c1-c1c(OC)cccc1OC. The number of halogens is 1. The third-order valence-electron chi connectivity index (χ3n) is 5.11. The number of aromatic carboxylic acids is 1. The molecule has 0 amide bonds. The molecule has 8 heteroatoms. The Morgan fingerprint density at radius 1 is 1.13 bits per heavy atom. The van der Waals surface area contributed by atoms with Crippen molar-refractivity contribution in [1.82, 2.24) is 14.8 Å². The number of hydrogen-bond donors (Lipinski definition) is 1. The fourth-order valence-electron chi connectivity index (χ4n) is 3.76. The van der Waals surface area contributed by atoms with Crippen molar-refractivity contribution in [2.24, 2.45) is 0 Å². The minimum absolute atomic E-state index is 0.0237. The number of aromatic nitrogens is 3. The topological polar surface area (TPSA) is 86.5 Å². The molecular formula is C23H20ClN3O4. The summed E-state index contributed by atoms with van der Waals surface area (Å²) in [5, 5.41) is 15.7. The van der Waals surface area contributed by atoms with E-state index in [4.69, 9.17) is 21.1 Å². The van der Waals surface area contributed by atoms with Crippen LogP contribution in [0.5, 0.6) is 11.5 Å². The van der Waals surface area contributed by atoms with Crippen molar-refractivity contribution in [3.8, 4) is 28.4 Å². The smallest absolute Gasteiger partial charge is 0.356 e. The van der Waals surface area contributed by atoms with Gasteiger partial charge in [0.1, 0.15) is 11.5 Å². The lowest BCUT2D eigenvalue weighted by Gasteiger charge is -2.17. The first-order valence-corrected chi connectivity index (χ1v) is 9.99. The molecule has 0 aliphatic heterocycles. The largest absolute Gasteiger partial charge is 0.496 e. The van der Waals surface area contributed by atoms with E-state index in [1.807, 2.05) is 19.1 Å². The second kappa shape index (κ2) is 8.28. The maximum atomic E-state index is 12.1. The zero-order valence-electron chi connectivity index (χ0n) is 17.2. The molecule has 2 heterocycles. The average Bonchev–Trinajstić information content (AvgIpc) is 3.17. The molecule has 1 N–H and O–H groups in total. The number of ether oxygens (including phenoxy) is 2. The molecule has 0 aliphatic rings. The fourth-order valence-corrected chi connectivity index (χ4v) is 3.93. The number of rotatable bonds is 6. The van der Waals surface area contributed by atoms with E-state index < -0.39 is 5.97 Å². The summed E-state index contributed by atoms with van der Waals surface area (Å²) in [6, 6.07) is 12.6. The van der Waals surface area contributed by atoms with Crippen molar-refractivity contribution in [1.29, 1.82) is 0 Å². The molecule has 2 aromatic carbocycles. The van der Waals surface area contributed by atoms with Crippen LogP contribution < -0.4 is 9.47 Å². The Hall–Kier alpha value is -3.58.